The summed E-state index contributed by atoms with van der Waals surface area (Å²) in [6.45, 7) is 7.38. The molecule has 0 bridgehead atoms. The summed E-state index contributed by atoms with van der Waals surface area (Å²) in [5.74, 6) is 3.52. The van der Waals surface area contributed by atoms with Gasteiger partial charge in [0.2, 0.25) is 0 Å². The van der Waals surface area contributed by atoms with Crippen LogP contribution in [0.2, 0.25) is 0 Å². The number of nitrogens with one attached hydrogen (secondary N) is 3. The van der Waals surface area contributed by atoms with Gasteiger partial charge in [0.15, 0.2) is 0 Å². The van der Waals surface area contributed by atoms with Crippen LogP contribution in [0.1, 0.15) is 81.3 Å². The van der Waals surface area contributed by atoms with E-state index in [2.05, 4.69) is 55.6 Å². The molecule has 9 heteroatoms. The number of rotatable bonds is 4. The van der Waals surface area contributed by atoms with Gasteiger partial charge < -0.3 is 24.8 Å². The van der Waals surface area contributed by atoms with Crippen LogP contribution in [0.4, 0.5) is 4.79 Å². The number of carbonyl (C=O) groups is 1. The van der Waals surface area contributed by atoms with E-state index in [0.29, 0.717) is 12.6 Å². The zero-order chi connectivity index (χ0) is 28.1. The van der Waals surface area contributed by atoms with Crippen molar-refractivity contribution in [3.05, 3.63) is 71.6 Å². The molecule has 5 heterocycles. The number of hydrogen-bond donors (Lipinski definition) is 3. The third-order valence-corrected chi connectivity index (χ3v) is 8.13. The molecule has 2 saturated heterocycles. The predicted molar refractivity (Wildman–Crippen MR) is 156 cm³/mol. The molecule has 2 atom stereocenters. The number of imidazole rings is 2. The quantitative estimate of drug-likeness (QED) is 0.230. The van der Waals surface area contributed by atoms with Gasteiger partial charge in [-0.25, -0.2) is 14.8 Å². The first-order chi connectivity index (χ1) is 19.8. The second kappa shape index (κ2) is 10.1. The average Bonchev–Trinajstić information content (AvgIpc) is 3.76. The van der Waals surface area contributed by atoms with Crippen molar-refractivity contribution < 1.29 is 14.3 Å². The van der Waals surface area contributed by atoms with E-state index in [0.717, 1.165) is 89.0 Å². The monoisotopic (exact) mass is 552 g/mol. The first-order valence-electron chi connectivity index (χ1n) is 14.6. The molecule has 2 fully saturated rings. The largest absolute Gasteiger partial charge is 0.457 e. The smallest absolute Gasteiger partial charge is 0.410 e. The van der Waals surface area contributed by atoms with Gasteiger partial charge in [0.05, 0.1) is 35.9 Å². The molecular formula is C32H36N6O3. The minimum Gasteiger partial charge on any atom is -0.457 e. The van der Waals surface area contributed by atoms with E-state index in [4.69, 9.17) is 9.47 Å². The van der Waals surface area contributed by atoms with Crippen molar-refractivity contribution >= 4 is 6.09 Å². The number of aromatic amines is 2. The van der Waals surface area contributed by atoms with Crippen LogP contribution in [0, 0.1) is 0 Å². The zero-order valence-corrected chi connectivity index (χ0v) is 23.8. The Hall–Kier alpha value is -4.11. The SMILES string of the molecule is CC(C)(C)OC(=O)N1CCCC1c1ncc(-c2ccc3c(c2)Oc2ccc(-c4cnc(C5CCCN5)[nH]4)cc2C3)[nH]1. The van der Waals surface area contributed by atoms with Crippen molar-refractivity contribution in [2.75, 3.05) is 13.1 Å². The van der Waals surface area contributed by atoms with Crippen molar-refractivity contribution in [1.29, 1.82) is 0 Å². The van der Waals surface area contributed by atoms with Gasteiger partial charge >= 0.3 is 6.09 Å². The molecule has 212 valence electrons. The summed E-state index contributed by atoms with van der Waals surface area (Å²) in [5, 5.41) is 3.50. The lowest BCUT2D eigenvalue weighted by atomic mass is 9.96. The number of carbonyl (C=O) groups excluding carboxylic acids is 1. The summed E-state index contributed by atoms with van der Waals surface area (Å²) < 4.78 is 12.0. The molecule has 4 aromatic rings. The number of aromatic nitrogens is 4. The lowest BCUT2D eigenvalue weighted by Gasteiger charge is -2.27. The molecule has 41 heavy (non-hydrogen) atoms. The van der Waals surface area contributed by atoms with Gasteiger partial charge in [0.1, 0.15) is 28.7 Å². The Labute approximate surface area is 239 Å². The molecule has 0 spiro atoms. The molecule has 2 unspecified atom stereocenters. The van der Waals surface area contributed by atoms with Crippen LogP contribution < -0.4 is 10.1 Å². The third-order valence-electron chi connectivity index (χ3n) is 8.13. The van der Waals surface area contributed by atoms with E-state index >= 15 is 0 Å². The van der Waals surface area contributed by atoms with Crippen molar-refractivity contribution in [3.63, 3.8) is 0 Å². The fourth-order valence-corrected chi connectivity index (χ4v) is 6.09. The zero-order valence-electron chi connectivity index (χ0n) is 23.8. The van der Waals surface area contributed by atoms with Crippen LogP contribution in [-0.4, -0.2) is 49.6 Å². The summed E-state index contributed by atoms with van der Waals surface area (Å²) in [7, 11) is 0. The number of H-pyrrole nitrogens is 2. The van der Waals surface area contributed by atoms with Crippen LogP contribution in [-0.2, 0) is 11.2 Å². The highest BCUT2D eigenvalue weighted by molar-refractivity contribution is 5.70. The average molecular weight is 553 g/mol. The van der Waals surface area contributed by atoms with Crippen molar-refractivity contribution in [3.8, 4) is 34.0 Å². The second-order valence-corrected chi connectivity index (χ2v) is 12.3. The molecule has 0 saturated carbocycles. The van der Waals surface area contributed by atoms with E-state index in [1.165, 1.54) is 6.42 Å². The van der Waals surface area contributed by atoms with Crippen molar-refractivity contribution in [2.24, 2.45) is 0 Å². The van der Waals surface area contributed by atoms with E-state index in [9.17, 15) is 4.79 Å². The number of ether oxygens (including phenoxy) is 2. The first kappa shape index (κ1) is 25.8. The van der Waals surface area contributed by atoms with Gasteiger partial charge in [-0.15, -0.1) is 0 Å². The number of benzene rings is 2. The van der Waals surface area contributed by atoms with E-state index in [1.54, 1.807) is 4.90 Å². The Morgan fingerprint density at radius 1 is 0.927 bits per heavy atom. The molecule has 1 amide bonds. The lowest BCUT2D eigenvalue weighted by Crippen LogP contribution is -2.36. The summed E-state index contributed by atoms with van der Waals surface area (Å²) in [4.78, 5) is 30.8. The molecule has 3 aliphatic heterocycles. The Balaban J connectivity index is 1.08. The number of amides is 1. The fourth-order valence-electron chi connectivity index (χ4n) is 6.09. The second-order valence-electron chi connectivity index (χ2n) is 12.3. The van der Waals surface area contributed by atoms with Crippen LogP contribution in [0.25, 0.3) is 22.5 Å². The Kier molecular flexibility index (Phi) is 6.34. The minimum atomic E-state index is -0.531. The Morgan fingerprint density at radius 2 is 1.68 bits per heavy atom. The van der Waals surface area contributed by atoms with E-state index < -0.39 is 5.60 Å². The lowest BCUT2D eigenvalue weighted by molar-refractivity contribution is 0.0218. The molecular weight excluding hydrogens is 516 g/mol. The third kappa shape index (κ3) is 5.10. The van der Waals surface area contributed by atoms with Gasteiger partial charge in [-0.1, -0.05) is 12.1 Å². The summed E-state index contributed by atoms with van der Waals surface area (Å²) in [6.07, 6.45) is 8.36. The van der Waals surface area contributed by atoms with Crippen LogP contribution in [0.5, 0.6) is 11.5 Å². The van der Waals surface area contributed by atoms with Gasteiger partial charge in [-0.2, -0.15) is 0 Å². The van der Waals surface area contributed by atoms with Gasteiger partial charge in [-0.05, 0) is 88.4 Å². The number of fused-ring (bicyclic) bond motifs is 2. The maximum absolute atomic E-state index is 12.8. The number of nitrogens with zero attached hydrogens (tertiary/aromatic N) is 3. The van der Waals surface area contributed by atoms with Crippen LogP contribution in [0.15, 0.2) is 48.8 Å². The van der Waals surface area contributed by atoms with Crippen LogP contribution in [0.3, 0.4) is 0 Å². The minimum absolute atomic E-state index is 0.117. The topological polar surface area (TPSA) is 108 Å². The molecule has 2 aromatic carbocycles. The molecule has 2 aromatic heterocycles. The molecule has 3 aliphatic rings. The molecule has 3 N–H and O–H groups in total. The van der Waals surface area contributed by atoms with Gasteiger partial charge in [0, 0.05) is 24.1 Å². The normalized spacial score (nSPS) is 20.0. The summed E-state index contributed by atoms with van der Waals surface area (Å²) in [5.41, 5.74) is 5.81. The maximum Gasteiger partial charge on any atom is 0.410 e. The standard InChI is InChI=1S/C32H36N6O3/c1-32(2,3)41-31(39)38-13-5-7-26(38)30-35-18-25(37-30)20-8-9-21-15-22-14-19(10-11-27(22)40-28(21)16-20)24-17-34-29(36-24)23-6-4-12-33-23/h8-11,14,16-18,23,26,33H,4-7,12-13,15H2,1-3H3,(H,34,36)(H,35,37). The summed E-state index contributed by atoms with van der Waals surface area (Å²) in [6, 6.07) is 12.8. The highest BCUT2D eigenvalue weighted by atomic mass is 16.6. The molecule has 0 radical (unpaired) electrons. The van der Waals surface area contributed by atoms with E-state index in [1.807, 2.05) is 39.2 Å². The molecule has 0 aliphatic carbocycles. The fraction of sp³-hybridized carbons (Fsp3) is 0.406. The van der Waals surface area contributed by atoms with Gasteiger partial charge in [0.25, 0.3) is 0 Å². The van der Waals surface area contributed by atoms with Crippen molar-refractivity contribution in [1.82, 2.24) is 30.2 Å². The van der Waals surface area contributed by atoms with Crippen molar-refractivity contribution in [2.45, 2.75) is 70.6 Å². The van der Waals surface area contributed by atoms with Crippen LogP contribution >= 0.6 is 0 Å². The molecule has 9 nitrogen and oxygen atoms in total. The van der Waals surface area contributed by atoms with Gasteiger partial charge in [-0.3, -0.25) is 4.90 Å². The number of likely N-dealkylation sites (tertiary alicyclic amines) is 1. The summed E-state index contributed by atoms with van der Waals surface area (Å²) >= 11 is 0. The first-order valence-corrected chi connectivity index (χ1v) is 14.6. The number of hydrogen-bond acceptors (Lipinski definition) is 6. The highest BCUT2D eigenvalue weighted by Crippen LogP contribution is 2.41. The predicted octanol–water partition coefficient (Wildman–Crippen LogP) is 6.66. The Bertz CT molecular complexity index is 1590. The molecule has 7 rings (SSSR count). The van der Waals surface area contributed by atoms with E-state index in [-0.39, 0.29) is 12.1 Å². The highest BCUT2D eigenvalue weighted by Gasteiger charge is 2.35. The maximum atomic E-state index is 12.8. The Morgan fingerprint density at radius 3 is 2.46 bits per heavy atom.